The predicted octanol–water partition coefficient (Wildman–Crippen LogP) is 15.5. The molecule has 57 heavy (non-hydrogen) atoms. The lowest BCUT2D eigenvalue weighted by molar-refractivity contribution is -0.161. The average molecular weight is 793 g/mol. The fourth-order valence-corrected chi connectivity index (χ4v) is 6.42. The molecule has 0 aromatic heterocycles. The van der Waals surface area contributed by atoms with E-state index in [1.807, 2.05) is 0 Å². The summed E-state index contributed by atoms with van der Waals surface area (Å²) < 4.78 is 10.6. The van der Waals surface area contributed by atoms with Crippen LogP contribution in [0.4, 0.5) is 0 Å². The number of aliphatic hydroxyl groups is 1. The zero-order valence-corrected chi connectivity index (χ0v) is 37.1. The van der Waals surface area contributed by atoms with Gasteiger partial charge in [0.1, 0.15) is 6.61 Å². The number of hydrogen-bond acceptors (Lipinski definition) is 5. The molecule has 0 aliphatic carbocycles. The number of aliphatic hydroxyl groups excluding tert-OH is 1. The maximum atomic E-state index is 12.2. The second-order valence-electron chi connectivity index (χ2n) is 15.5. The van der Waals surface area contributed by atoms with Crippen LogP contribution in [0.5, 0.6) is 0 Å². The molecule has 1 atom stereocenters. The number of allylic oxidation sites excluding steroid dienone is 14. The van der Waals surface area contributed by atoms with Gasteiger partial charge < -0.3 is 14.6 Å². The summed E-state index contributed by atoms with van der Waals surface area (Å²) in [5.74, 6) is -0.599. The number of hydrogen-bond donors (Lipinski definition) is 1. The monoisotopic (exact) mass is 793 g/mol. The van der Waals surface area contributed by atoms with E-state index in [4.69, 9.17) is 9.47 Å². The Kier molecular flexibility index (Phi) is 45.0. The van der Waals surface area contributed by atoms with Crippen LogP contribution in [-0.4, -0.2) is 36.4 Å². The Balaban J connectivity index is 3.57. The third kappa shape index (κ3) is 45.7. The molecule has 0 aliphatic rings. The smallest absolute Gasteiger partial charge is 0.306 e. The Morgan fingerprint density at radius 2 is 0.754 bits per heavy atom. The number of carbonyl (C=O) groups is 2. The van der Waals surface area contributed by atoms with Gasteiger partial charge >= 0.3 is 11.9 Å². The molecule has 0 aromatic carbocycles. The maximum absolute atomic E-state index is 12.2. The molecular formula is C52H88O5. The summed E-state index contributed by atoms with van der Waals surface area (Å²) in [6.07, 6.45) is 65.2. The van der Waals surface area contributed by atoms with Crippen molar-refractivity contribution in [2.24, 2.45) is 0 Å². The second-order valence-corrected chi connectivity index (χ2v) is 15.5. The molecule has 1 N–H and O–H groups in total. The normalized spacial score (nSPS) is 13.0. The Morgan fingerprint density at radius 3 is 1.14 bits per heavy atom. The van der Waals surface area contributed by atoms with Crippen molar-refractivity contribution >= 4 is 11.9 Å². The fraction of sp³-hybridized carbons (Fsp3) is 0.692. The van der Waals surface area contributed by atoms with Gasteiger partial charge in [0.25, 0.3) is 0 Å². The van der Waals surface area contributed by atoms with Crippen LogP contribution in [0.15, 0.2) is 85.1 Å². The largest absolute Gasteiger partial charge is 0.462 e. The Bertz CT molecular complexity index is 1080. The van der Waals surface area contributed by atoms with Crippen LogP contribution in [0.25, 0.3) is 0 Å². The van der Waals surface area contributed by atoms with E-state index in [1.54, 1.807) is 0 Å². The van der Waals surface area contributed by atoms with Crippen LogP contribution >= 0.6 is 0 Å². The van der Waals surface area contributed by atoms with Crippen molar-refractivity contribution < 1.29 is 24.2 Å². The number of ether oxygens (including phenoxy) is 2. The lowest BCUT2D eigenvalue weighted by Crippen LogP contribution is -2.28. The molecule has 0 aliphatic heterocycles. The van der Waals surface area contributed by atoms with Crippen molar-refractivity contribution in [3.63, 3.8) is 0 Å². The molecule has 0 saturated carbocycles. The molecule has 0 spiro atoms. The van der Waals surface area contributed by atoms with E-state index in [1.165, 1.54) is 96.3 Å². The van der Waals surface area contributed by atoms with E-state index < -0.39 is 6.10 Å². The topological polar surface area (TPSA) is 72.8 Å². The molecule has 5 nitrogen and oxygen atoms in total. The highest BCUT2D eigenvalue weighted by Crippen LogP contribution is 2.14. The first-order valence-electron chi connectivity index (χ1n) is 23.6. The lowest BCUT2D eigenvalue weighted by Gasteiger charge is -2.15. The van der Waals surface area contributed by atoms with Gasteiger partial charge in [-0.05, 0) is 70.6 Å². The highest BCUT2D eigenvalue weighted by molar-refractivity contribution is 5.70. The Hall–Kier alpha value is -2.92. The molecule has 0 fully saturated rings. The highest BCUT2D eigenvalue weighted by Gasteiger charge is 2.16. The van der Waals surface area contributed by atoms with Gasteiger partial charge in [-0.3, -0.25) is 9.59 Å². The van der Waals surface area contributed by atoms with Gasteiger partial charge in [-0.15, -0.1) is 0 Å². The van der Waals surface area contributed by atoms with Gasteiger partial charge in [0.2, 0.25) is 0 Å². The molecule has 0 saturated heterocycles. The van der Waals surface area contributed by atoms with Crippen molar-refractivity contribution in [1.29, 1.82) is 0 Å². The molecule has 0 rings (SSSR count). The molecule has 0 radical (unpaired) electrons. The van der Waals surface area contributed by atoms with Crippen molar-refractivity contribution in [2.45, 2.75) is 219 Å². The Morgan fingerprint density at radius 1 is 0.421 bits per heavy atom. The van der Waals surface area contributed by atoms with E-state index in [2.05, 4.69) is 98.9 Å². The van der Waals surface area contributed by atoms with Crippen molar-refractivity contribution in [1.82, 2.24) is 0 Å². The minimum atomic E-state index is -0.776. The average Bonchev–Trinajstić information content (AvgIpc) is 3.21. The molecule has 326 valence electrons. The predicted molar refractivity (Wildman–Crippen MR) is 246 cm³/mol. The van der Waals surface area contributed by atoms with E-state index in [0.717, 1.165) is 89.9 Å². The summed E-state index contributed by atoms with van der Waals surface area (Å²) in [5.41, 5.74) is 0. The molecular weight excluding hydrogens is 705 g/mol. The summed E-state index contributed by atoms with van der Waals surface area (Å²) in [6.45, 7) is 4.01. The zero-order valence-electron chi connectivity index (χ0n) is 37.1. The zero-order chi connectivity index (χ0) is 41.4. The van der Waals surface area contributed by atoms with Crippen LogP contribution in [0.3, 0.4) is 0 Å². The Labute approximate surface area is 352 Å². The summed E-state index contributed by atoms with van der Waals surface area (Å²) >= 11 is 0. The van der Waals surface area contributed by atoms with E-state index in [9.17, 15) is 14.7 Å². The number of esters is 2. The minimum Gasteiger partial charge on any atom is -0.462 e. The van der Waals surface area contributed by atoms with Gasteiger partial charge in [0, 0.05) is 12.8 Å². The van der Waals surface area contributed by atoms with Gasteiger partial charge in [-0.2, -0.15) is 0 Å². The van der Waals surface area contributed by atoms with Gasteiger partial charge in [-0.25, -0.2) is 0 Å². The summed E-state index contributed by atoms with van der Waals surface area (Å²) in [6, 6.07) is 0. The van der Waals surface area contributed by atoms with Crippen LogP contribution in [-0.2, 0) is 19.1 Å². The second kappa shape index (κ2) is 47.5. The first-order valence-corrected chi connectivity index (χ1v) is 23.6. The highest BCUT2D eigenvalue weighted by atomic mass is 16.6. The minimum absolute atomic E-state index is 0.0695. The number of rotatable bonds is 42. The van der Waals surface area contributed by atoms with Crippen molar-refractivity contribution in [2.75, 3.05) is 13.2 Å². The van der Waals surface area contributed by atoms with Gasteiger partial charge in [0.05, 0.1) is 6.61 Å². The molecule has 0 aromatic rings. The van der Waals surface area contributed by atoms with E-state index in [-0.39, 0.29) is 25.2 Å². The number of carbonyl (C=O) groups excluding carboxylic acids is 2. The SMILES string of the molecule is CC/C=C\C/C=C\C/C=C\C/C=C\C/C=C\C/C=C\C/C=C\CCCCCCCCCCCC(=O)OC(CO)COC(=O)CCCCCCCCCCCCCC. The molecule has 0 amide bonds. The summed E-state index contributed by atoms with van der Waals surface area (Å²) in [4.78, 5) is 24.3. The molecule has 0 heterocycles. The van der Waals surface area contributed by atoms with Gasteiger partial charge in [0.15, 0.2) is 6.10 Å². The third-order valence-electron chi connectivity index (χ3n) is 9.95. The summed E-state index contributed by atoms with van der Waals surface area (Å²) in [5, 5.41) is 9.58. The van der Waals surface area contributed by atoms with Crippen molar-refractivity contribution in [3.05, 3.63) is 85.1 Å². The fourth-order valence-electron chi connectivity index (χ4n) is 6.42. The first kappa shape index (κ1) is 54.1. The maximum Gasteiger partial charge on any atom is 0.306 e. The standard InChI is InChI=1S/C52H88O5/c1-3-5-7-9-11-13-15-17-18-19-20-21-22-23-24-25-26-27-28-29-30-31-32-33-34-35-37-39-41-43-45-47-52(55)57-50(48-53)49-56-51(54)46-44-42-40-38-36-16-14-12-10-8-6-4-2/h5,7,11,13,17-18,20-21,23-24,26-27,29-30,50,53H,3-4,6,8-10,12,14-16,19,22,25,28,31-49H2,1-2H3/b7-5-,13-11-,18-17-,21-20-,24-23-,27-26-,30-29-. The first-order chi connectivity index (χ1) is 28.1. The number of unbranched alkanes of at least 4 members (excludes halogenated alkanes) is 20. The van der Waals surface area contributed by atoms with Crippen LogP contribution < -0.4 is 0 Å². The van der Waals surface area contributed by atoms with Gasteiger partial charge in [-0.1, -0.05) is 214 Å². The van der Waals surface area contributed by atoms with Crippen LogP contribution in [0.1, 0.15) is 213 Å². The lowest BCUT2D eigenvalue weighted by atomic mass is 10.0. The quantitative estimate of drug-likeness (QED) is 0.0379. The van der Waals surface area contributed by atoms with Crippen molar-refractivity contribution in [3.8, 4) is 0 Å². The van der Waals surface area contributed by atoms with E-state index in [0.29, 0.717) is 12.8 Å². The third-order valence-corrected chi connectivity index (χ3v) is 9.95. The molecule has 1 unspecified atom stereocenters. The summed E-state index contributed by atoms with van der Waals surface area (Å²) in [7, 11) is 0. The van der Waals surface area contributed by atoms with Crippen LogP contribution in [0, 0.1) is 0 Å². The van der Waals surface area contributed by atoms with E-state index >= 15 is 0 Å². The van der Waals surface area contributed by atoms with Crippen LogP contribution in [0.2, 0.25) is 0 Å². The molecule has 5 heteroatoms. The molecule has 0 bridgehead atoms.